The molecule has 1 fully saturated rings. The molecule has 6 nitrogen and oxygen atoms in total. The molecule has 0 aliphatic heterocycles. The number of carbonyl (C=O) groups is 1. The summed E-state index contributed by atoms with van der Waals surface area (Å²) in [5, 5.41) is 8.50. The minimum Gasteiger partial charge on any atom is -0.468 e. The van der Waals surface area contributed by atoms with Crippen LogP contribution in [0.4, 0.5) is 0 Å². The Morgan fingerprint density at radius 1 is 1.41 bits per heavy atom. The van der Waals surface area contributed by atoms with E-state index in [9.17, 15) is 13.2 Å². The second-order valence-corrected chi connectivity index (χ2v) is 6.17. The zero-order valence-corrected chi connectivity index (χ0v) is 10.7. The maximum Gasteiger partial charge on any atom is 0.326 e. The zero-order chi connectivity index (χ0) is 12.9. The summed E-state index contributed by atoms with van der Waals surface area (Å²) in [6.07, 6.45) is 4.02. The molecule has 1 unspecified atom stereocenters. The second-order valence-electron chi connectivity index (χ2n) is 4.18. The van der Waals surface area contributed by atoms with Gasteiger partial charge in [-0.3, -0.25) is 4.79 Å². The molecular formula is C10H19NO5S. The second kappa shape index (κ2) is 6.32. The number of carbonyl (C=O) groups excluding carboxylic acids is 1. The van der Waals surface area contributed by atoms with E-state index in [1.54, 1.807) is 0 Å². The quantitative estimate of drug-likeness (QED) is 0.670. The Morgan fingerprint density at radius 3 is 2.47 bits per heavy atom. The van der Waals surface area contributed by atoms with Gasteiger partial charge in [0.25, 0.3) is 0 Å². The summed E-state index contributed by atoms with van der Waals surface area (Å²) >= 11 is 0. The molecule has 0 spiro atoms. The van der Waals surface area contributed by atoms with Gasteiger partial charge in [-0.15, -0.1) is 0 Å². The van der Waals surface area contributed by atoms with Gasteiger partial charge in [-0.05, 0) is 12.8 Å². The number of rotatable bonds is 5. The highest BCUT2D eigenvalue weighted by Crippen LogP contribution is 2.23. The molecule has 1 atom stereocenters. The maximum absolute atomic E-state index is 11.9. The van der Waals surface area contributed by atoms with Crippen LogP contribution in [-0.4, -0.2) is 44.5 Å². The molecular weight excluding hydrogens is 246 g/mol. The molecule has 17 heavy (non-hydrogen) atoms. The van der Waals surface area contributed by atoms with Crippen molar-refractivity contribution in [1.82, 2.24) is 4.72 Å². The predicted octanol–water partition coefficient (Wildman–Crippen LogP) is -0.228. The van der Waals surface area contributed by atoms with Crippen molar-refractivity contribution < 1.29 is 23.1 Å². The predicted molar refractivity (Wildman–Crippen MR) is 61.8 cm³/mol. The van der Waals surface area contributed by atoms with Gasteiger partial charge in [-0.25, -0.2) is 8.42 Å². The Labute approximate surface area is 101 Å². The molecule has 7 heteroatoms. The van der Waals surface area contributed by atoms with Gasteiger partial charge in [0, 0.05) is 0 Å². The van der Waals surface area contributed by atoms with Crippen molar-refractivity contribution in [2.45, 2.75) is 43.4 Å². The summed E-state index contributed by atoms with van der Waals surface area (Å²) in [4.78, 5) is 11.2. The zero-order valence-electron chi connectivity index (χ0n) is 9.89. The molecule has 0 amide bonds. The third kappa shape index (κ3) is 3.93. The summed E-state index contributed by atoms with van der Waals surface area (Å²) in [5.74, 6) is -0.771. The van der Waals surface area contributed by atoms with Crippen LogP contribution in [0, 0.1) is 0 Å². The van der Waals surface area contributed by atoms with E-state index in [-0.39, 0.29) is 0 Å². The molecule has 100 valence electrons. The minimum absolute atomic E-state index is 0.463. The first-order valence-corrected chi connectivity index (χ1v) is 7.25. The number of sulfonamides is 1. The van der Waals surface area contributed by atoms with Crippen LogP contribution in [0.2, 0.25) is 0 Å². The molecule has 0 aromatic rings. The van der Waals surface area contributed by atoms with Crippen LogP contribution in [0.15, 0.2) is 0 Å². The summed E-state index contributed by atoms with van der Waals surface area (Å²) in [7, 11) is -2.41. The summed E-state index contributed by atoms with van der Waals surface area (Å²) in [5.41, 5.74) is 0. The Balaban J connectivity index is 2.66. The Bertz CT molecular complexity index is 348. The van der Waals surface area contributed by atoms with Crippen LogP contribution in [-0.2, 0) is 19.6 Å². The molecule has 0 heterocycles. The van der Waals surface area contributed by atoms with E-state index in [1.165, 1.54) is 0 Å². The van der Waals surface area contributed by atoms with Gasteiger partial charge in [0.1, 0.15) is 6.04 Å². The van der Waals surface area contributed by atoms with Gasteiger partial charge in [0.15, 0.2) is 0 Å². The largest absolute Gasteiger partial charge is 0.468 e. The molecule has 1 rings (SSSR count). The molecule has 0 bridgehead atoms. The summed E-state index contributed by atoms with van der Waals surface area (Å²) in [6, 6.07) is -1.20. The molecule has 0 aromatic carbocycles. The first-order valence-electron chi connectivity index (χ1n) is 5.71. The van der Waals surface area contributed by atoms with Crippen molar-refractivity contribution in [1.29, 1.82) is 0 Å². The lowest BCUT2D eigenvalue weighted by molar-refractivity contribution is -0.143. The number of aliphatic hydroxyl groups is 1. The van der Waals surface area contributed by atoms with E-state index in [1.807, 2.05) is 0 Å². The average Bonchev–Trinajstić information content (AvgIpc) is 2.36. The fourth-order valence-electron chi connectivity index (χ4n) is 1.97. The number of ether oxygens (including phenoxy) is 1. The number of esters is 1. The molecule has 1 saturated carbocycles. The van der Waals surface area contributed by atoms with Crippen molar-refractivity contribution in [3.63, 3.8) is 0 Å². The standard InChI is InChI=1S/C10H19NO5S/c1-16-10(13)9(7-12)11-17(14,15)8-5-3-2-4-6-8/h8-9,11-12H,2-7H2,1H3. The van der Waals surface area contributed by atoms with Crippen molar-refractivity contribution >= 4 is 16.0 Å². The van der Waals surface area contributed by atoms with E-state index in [4.69, 9.17) is 5.11 Å². The maximum atomic E-state index is 11.9. The summed E-state index contributed by atoms with van der Waals surface area (Å²) < 4.78 is 30.5. The minimum atomic E-state index is -3.56. The van der Waals surface area contributed by atoms with Gasteiger partial charge >= 0.3 is 5.97 Å². The average molecular weight is 265 g/mol. The van der Waals surface area contributed by atoms with Crippen LogP contribution in [0.1, 0.15) is 32.1 Å². The van der Waals surface area contributed by atoms with Crippen LogP contribution < -0.4 is 4.72 Å². The number of hydrogen-bond donors (Lipinski definition) is 2. The highest BCUT2D eigenvalue weighted by Gasteiger charge is 2.31. The third-order valence-corrected chi connectivity index (χ3v) is 4.93. The van der Waals surface area contributed by atoms with E-state index >= 15 is 0 Å². The molecule has 0 radical (unpaired) electrons. The van der Waals surface area contributed by atoms with E-state index in [0.717, 1.165) is 26.4 Å². The summed E-state index contributed by atoms with van der Waals surface area (Å²) in [6.45, 7) is -0.599. The van der Waals surface area contributed by atoms with Crippen molar-refractivity contribution in [2.75, 3.05) is 13.7 Å². The first kappa shape index (κ1) is 14.4. The normalized spacial score (nSPS) is 19.9. The Morgan fingerprint density at radius 2 is 2.00 bits per heavy atom. The van der Waals surface area contributed by atoms with E-state index in [0.29, 0.717) is 12.8 Å². The Hall–Kier alpha value is -0.660. The van der Waals surface area contributed by atoms with Crippen LogP contribution >= 0.6 is 0 Å². The van der Waals surface area contributed by atoms with Crippen molar-refractivity contribution in [3.05, 3.63) is 0 Å². The van der Waals surface area contributed by atoms with Crippen LogP contribution in [0.25, 0.3) is 0 Å². The van der Waals surface area contributed by atoms with Crippen LogP contribution in [0.5, 0.6) is 0 Å². The van der Waals surface area contributed by atoms with Gasteiger partial charge < -0.3 is 9.84 Å². The van der Waals surface area contributed by atoms with E-state index in [2.05, 4.69) is 9.46 Å². The first-order chi connectivity index (χ1) is 8.01. The lowest BCUT2D eigenvalue weighted by Gasteiger charge is -2.24. The number of hydrogen-bond acceptors (Lipinski definition) is 5. The molecule has 0 aromatic heterocycles. The highest BCUT2D eigenvalue weighted by atomic mass is 32.2. The molecule has 1 aliphatic rings. The van der Waals surface area contributed by atoms with E-state index < -0.39 is 33.9 Å². The van der Waals surface area contributed by atoms with Gasteiger partial charge in [-0.1, -0.05) is 19.3 Å². The number of nitrogens with one attached hydrogen (secondary N) is 1. The van der Waals surface area contributed by atoms with Gasteiger partial charge in [-0.2, -0.15) is 4.72 Å². The highest BCUT2D eigenvalue weighted by molar-refractivity contribution is 7.90. The number of aliphatic hydroxyl groups excluding tert-OH is 1. The van der Waals surface area contributed by atoms with Gasteiger partial charge in [0.2, 0.25) is 10.0 Å². The Kier molecular flexibility index (Phi) is 5.35. The van der Waals surface area contributed by atoms with Gasteiger partial charge in [0.05, 0.1) is 19.0 Å². The SMILES string of the molecule is COC(=O)C(CO)NS(=O)(=O)C1CCCCC1. The molecule has 1 aliphatic carbocycles. The smallest absolute Gasteiger partial charge is 0.326 e. The third-order valence-electron chi connectivity index (χ3n) is 2.97. The monoisotopic (exact) mass is 265 g/mol. The lowest BCUT2D eigenvalue weighted by atomic mass is 10.0. The van der Waals surface area contributed by atoms with Crippen molar-refractivity contribution in [2.24, 2.45) is 0 Å². The fraction of sp³-hybridized carbons (Fsp3) is 0.900. The molecule has 0 saturated heterocycles. The van der Waals surface area contributed by atoms with Crippen LogP contribution in [0.3, 0.4) is 0 Å². The lowest BCUT2D eigenvalue weighted by Crippen LogP contribution is -2.47. The molecule has 2 N–H and O–H groups in total. The topological polar surface area (TPSA) is 92.7 Å². The number of methoxy groups -OCH3 is 1. The fourth-order valence-corrected chi connectivity index (χ4v) is 3.69. The van der Waals surface area contributed by atoms with Crippen molar-refractivity contribution in [3.8, 4) is 0 Å².